The average molecular weight is 324 g/mol. The summed E-state index contributed by atoms with van der Waals surface area (Å²) in [6.07, 6.45) is 1.75. The number of rotatable bonds is 4. The third-order valence-corrected chi connectivity index (χ3v) is 4.56. The minimum atomic E-state index is -0.129. The predicted octanol–water partition coefficient (Wildman–Crippen LogP) is 3.24. The lowest BCUT2D eigenvalue weighted by molar-refractivity contribution is -0.118. The first-order chi connectivity index (χ1) is 11.1. The number of carbonyl (C=O) groups is 1. The predicted molar refractivity (Wildman–Crippen MR) is 93.9 cm³/mol. The molecule has 0 saturated carbocycles. The molecule has 0 aliphatic rings. The van der Waals surface area contributed by atoms with Crippen LogP contribution in [0.3, 0.4) is 0 Å². The summed E-state index contributed by atoms with van der Waals surface area (Å²) in [6.45, 7) is 0.0353. The minimum Gasteiger partial charge on any atom is -0.314 e. The number of anilines is 1. The SMILES string of the molecule is CN(C(=O)Cn1cc(-c2ccccc2)sc1=O)c1ccccc1. The summed E-state index contributed by atoms with van der Waals surface area (Å²) in [7, 11) is 1.72. The van der Waals surface area contributed by atoms with E-state index >= 15 is 0 Å². The highest BCUT2D eigenvalue weighted by atomic mass is 32.1. The molecule has 0 radical (unpaired) electrons. The van der Waals surface area contributed by atoms with Gasteiger partial charge in [-0.05, 0) is 17.7 Å². The highest BCUT2D eigenvalue weighted by Gasteiger charge is 2.14. The third kappa shape index (κ3) is 3.40. The van der Waals surface area contributed by atoms with Gasteiger partial charge < -0.3 is 4.90 Å². The van der Waals surface area contributed by atoms with Gasteiger partial charge in [-0.25, -0.2) is 0 Å². The van der Waals surface area contributed by atoms with Crippen LogP contribution in [-0.4, -0.2) is 17.5 Å². The molecular weight excluding hydrogens is 308 g/mol. The first kappa shape index (κ1) is 15.2. The number of amides is 1. The van der Waals surface area contributed by atoms with Crippen molar-refractivity contribution in [1.29, 1.82) is 0 Å². The van der Waals surface area contributed by atoms with Crippen LogP contribution < -0.4 is 9.77 Å². The van der Waals surface area contributed by atoms with Crippen LogP contribution in [0.5, 0.6) is 0 Å². The Hall–Kier alpha value is -2.66. The normalized spacial score (nSPS) is 10.5. The minimum absolute atomic E-state index is 0.0353. The Morgan fingerprint density at radius 2 is 1.65 bits per heavy atom. The molecule has 0 bridgehead atoms. The lowest BCUT2D eigenvalue weighted by Gasteiger charge is -2.17. The molecule has 5 heteroatoms. The van der Waals surface area contributed by atoms with Crippen molar-refractivity contribution in [2.24, 2.45) is 0 Å². The molecule has 4 nitrogen and oxygen atoms in total. The molecule has 23 heavy (non-hydrogen) atoms. The molecule has 0 aliphatic heterocycles. The zero-order valence-electron chi connectivity index (χ0n) is 12.7. The van der Waals surface area contributed by atoms with E-state index in [-0.39, 0.29) is 17.3 Å². The van der Waals surface area contributed by atoms with Gasteiger partial charge in [-0.1, -0.05) is 59.9 Å². The van der Waals surface area contributed by atoms with Gasteiger partial charge >= 0.3 is 4.87 Å². The fourth-order valence-electron chi connectivity index (χ4n) is 2.27. The molecule has 0 saturated heterocycles. The molecule has 0 unspecified atom stereocenters. The Bertz CT molecular complexity index is 853. The monoisotopic (exact) mass is 324 g/mol. The number of hydrogen-bond acceptors (Lipinski definition) is 3. The van der Waals surface area contributed by atoms with Gasteiger partial charge in [0.15, 0.2) is 0 Å². The van der Waals surface area contributed by atoms with Crippen LogP contribution in [0.2, 0.25) is 0 Å². The summed E-state index contributed by atoms with van der Waals surface area (Å²) >= 11 is 1.15. The summed E-state index contributed by atoms with van der Waals surface area (Å²) < 4.78 is 1.47. The molecule has 0 aliphatic carbocycles. The van der Waals surface area contributed by atoms with Gasteiger partial charge in [0.05, 0.1) is 4.88 Å². The van der Waals surface area contributed by atoms with Crippen LogP contribution in [0, 0.1) is 0 Å². The van der Waals surface area contributed by atoms with Gasteiger partial charge in [0.2, 0.25) is 5.91 Å². The third-order valence-electron chi connectivity index (χ3n) is 3.59. The Morgan fingerprint density at radius 1 is 1.04 bits per heavy atom. The van der Waals surface area contributed by atoms with Gasteiger partial charge in [-0.15, -0.1) is 0 Å². The van der Waals surface area contributed by atoms with Crippen LogP contribution in [0.15, 0.2) is 71.7 Å². The second-order valence-corrected chi connectivity index (χ2v) is 6.14. The van der Waals surface area contributed by atoms with Crippen molar-refractivity contribution < 1.29 is 4.79 Å². The van der Waals surface area contributed by atoms with E-state index in [1.165, 1.54) is 4.57 Å². The first-order valence-corrected chi connectivity index (χ1v) is 8.04. The molecule has 0 N–H and O–H groups in total. The van der Waals surface area contributed by atoms with E-state index in [2.05, 4.69) is 0 Å². The number of likely N-dealkylation sites (N-methyl/N-ethyl adjacent to an activating group) is 1. The highest BCUT2D eigenvalue weighted by Crippen LogP contribution is 2.21. The summed E-state index contributed by atoms with van der Waals surface area (Å²) in [5, 5.41) is 0. The molecule has 1 aromatic heterocycles. The molecule has 1 amide bonds. The Morgan fingerprint density at radius 3 is 2.30 bits per heavy atom. The van der Waals surface area contributed by atoms with Crippen molar-refractivity contribution in [2.45, 2.75) is 6.54 Å². The van der Waals surface area contributed by atoms with Crippen molar-refractivity contribution in [3.63, 3.8) is 0 Å². The zero-order valence-corrected chi connectivity index (χ0v) is 13.5. The smallest absolute Gasteiger partial charge is 0.308 e. The Kier molecular flexibility index (Phi) is 4.39. The molecule has 2 aromatic carbocycles. The van der Waals surface area contributed by atoms with Crippen molar-refractivity contribution in [3.8, 4) is 10.4 Å². The number of thiazole rings is 1. The number of carbonyl (C=O) groups excluding carboxylic acids is 1. The van der Waals surface area contributed by atoms with Gasteiger partial charge in [-0.3, -0.25) is 14.2 Å². The molecule has 3 rings (SSSR count). The van der Waals surface area contributed by atoms with Crippen molar-refractivity contribution in [1.82, 2.24) is 4.57 Å². The lowest BCUT2D eigenvalue weighted by atomic mass is 10.2. The standard InChI is InChI=1S/C18H16N2O2S/c1-19(15-10-6-3-7-11-15)17(21)13-20-12-16(23-18(20)22)14-8-4-2-5-9-14/h2-12H,13H2,1H3. The maximum absolute atomic E-state index is 12.4. The number of benzene rings is 2. The summed E-state index contributed by atoms with van der Waals surface area (Å²) in [5.74, 6) is -0.129. The van der Waals surface area contributed by atoms with E-state index in [4.69, 9.17) is 0 Å². The van der Waals surface area contributed by atoms with E-state index in [1.54, 1.807) is 18.1 Å². The molecule has 3 aromatic rings. The van der Waals surface area contributed by atoms with Crippen LogP contribution >= 0.6 is 11.3 Å². The fourth-order valence-corrected chi connectivity index (χ4v) is 3.12. The topological polar surface area (TPSA) is 42.3 Å². The quantitative estimate of drug-likeness (QED) is 0.739. The van der Waals surface area contributed by atoms with E-state index in [1.807, 2.05) is 60.7 Å². The molecule has 116 valence electrons. The van der Waals surface area contributed by atoms with Crippen molar-refractivity contribution in [3.05, 3.63) is 76.5 Å². The number of nitrogens with zero attached hydrogens (tertiary/aromatic N) is 2. The van der Waals surface area contributed by atoms with Crippen LogP contribution in [0.25, 0.3) is 10.4 Å². The van der Waals surface area contributed by atoms with Crippen molar-refractivity contribution >= 4 is 22.9 Å². The molecule has 0 fully saturated rings. The largest absolute Gasteiger partial charge is 0.314 e. The molecule has 1 heterocycles. The maximum Gasteiger partial charge on any atom is 0.308 e. The van der Waals surface area contributed by atoms with E-state index in [0.717, 1.165) is 27.5 Å². The van der Waals surface area contributed by atoms with E-state index in [0.29, 0.717) is 0 Å². The van der Waals surface area contributed by atoms with Gasteiger partial charge in [0.1, 0.15) is 6.54 Å². The number of hydrogen-bond donors (Lipinski definition) is 0. The second kappa shape index (κ2) is 6.62. The van der Waals surface area contributed by atoms with E-state index in [9.17, 15) is 9.59 Å². The lowest BCUT2D eigenvalue weighted by Crippen LogP contribution is -2.32. The first-order valence-electron chi connectivity index (χ1n) is 7.22. The summed E-state index contributed by atoms with van der Waals surface area (Å²) in [5.41, 5.74) is 1.79. The Labute approximate surface area is 138 Å². The molecule has 0 atom stereocenters. The van der Waals surface area contributed by atoms with Gasteiger partial charge in [0.25, 0.3) is 0 Å². The second-order valence-electron chi connectivity index (χ2n) is 5.14. The van der Waals surface area contributed by atoms with Crippen LogP contribution in [0.4, 0.5) is 5.69 Å². The van der Waals surface area contributed by atoms with Gasteiger partial charge in [-0.2, -0.15) is 0 Å². The van der Waals surface area contributed by atoms with E-state index < -0.39 is 0 Å². The van der Waals surface area contributed by atoms with Crippen molar-refractivity contribution in [2.75, 3.05) is 11.9 Å². The molecule has 0 spiro atoms. The number of para-hydroxylation sites is 1. The summed E-state index contributed by atoms with van der Waals surface area (Å²) in [4.78, 5) is 26.8. The Balaban J connectivity index is 1.80. The fraction of sp³-hybridized carbons (Fsp3) is 0.111. The van der Waals surface area contributed by atoms with Gasteiger partial charge in [0, 0.05) is 18.9 Å². The zero-order chi connectivity index (χ0) is 16.2. The maximum atomic E-state index is 12.4. The highest BCUT2D eigenvalue weighted by molar-refractivity contribution is 7.12. The average Bonchev–Trinajstić information content (AvgIpc) is 2.96. The summed E-state index contributed by atoms with van der Waals surface area (Å²) in [6, 6.07) is 19.1. The molecular formula is C18H16N2O2S. The van der Waals surface area contributed by atoms with Crippen LogP contribution in [-0.2, 0) is 11.3 Å². The van der Waals surface area contributed by atoms with Crippen LogP contribution in [0.1, 0.15) is 0 Å². The number of aromatic nitrogens is 1.